The average molecular weight is 219 g/mol. The highest BCUT2D eigenvalue weighted by Crippen LogP contribution is 1.94. The molecule has 3 N–H and O–H groups in total. The minimum Gasteiger partial charge on any atom is -0.481 e. The third kappa shape index (κ3) is 6.87. The number of nitrogens with one attached hydrogen (secondary N) is 1. The Morgan fingerprint density at radius 3 is 2.60 bits per heavy atom. The van der Waals surface area contributed by atoms with E-state index in [9.17, 15) is 9.59 Å². The van der Waals surface area contributed by atoms with Crippen LogP contribution in [0.4, 0.5) is 0 Å². The van der Waals surface area contributed by atoms with Crippen LogP contribution in [-0.4, -0.2) is 48.5 Å². The van der Waals surface area contributed by atoms with Crippen LogP contribution in [0.3, 0.4) is 0 Å². The van der Waals surface area contributed by atoms with E-state index in [0.29, 0.717) is 19.6 Å². The van der Waals surface area contributed by atoms with Gasteiger partial charge in [0.2, 0.25) is 5.91 Å². The van der Waals surface area contributed by atoms with Crippen molar-refractivity contribution in [3.05, 3.63) is 0 Å². The highest BCUT2D eigenvalue weighted by Gasteiger charge is 2.19. The van der Waals surface area contributed by atoms with Gasteiger partial charge in [-0.1, -0.05) is 0 Å². The molecule has 0 spiro atoms. The number of carbonyl (C=O) groups is 2. The third-order valence-corrected chi connectivity index (χ3v) is 1.76. The van der Waals surface area contributed by atoms with Gasteiger partial charge in [0.25, 0.3) is 0 Å². The number of aliphatic hydroxyl groups excluding tert-OH is 1. The van der Waals surface area contributed by atoms with Crippen LogP contribution in [0.25, 0.3) is 0 Å². The molecule has 1 amide bonds. The standard InChI is InChI=1S/C9H17NO5/c1-7(9(13)14)8(12)10-3-2-5-15-6-4-11/h7,11H,2-6H2,1H3,(H,10,12)(H,13,14). The number of carboxylic acids is 1. The topological polar surface area (TPSA) is 95.9 Å². The van der Waals surface area contributed by atoms with E-state index in [4.69, 9.17) is 14.9 Å². The zero-order chi connectivity index (χ0) is 11.7. The predicted molar refractivity (Wildman–Crippen MR) is 52.3 cm³/mol. The molecule has 6 heteroatoms. The van der Waals surface area contributed by atoms with Crippen LogP contribution in [0, 0.1) is 5.92 Å². The van der Waals surface area contributed by atoms with Crippen LogP contribution >= 0.6 is 0 Å². The first kappa shape index (κ1) is 13.9. The molecule has 0 heterocycles. The Morgan fingerprint density at radius 2 is 2.07 bits per heavy atom. The largest absolute Gasteiger partial charge is 0.481 e. The Balaban J connectivity index is 3.43. The van der Waals surface area contributed by atoms with E-state index in [1.807, 2.05) is 0 Å². The molecule has 0 rings (SSSR count). The first-order valence-electron chi connectivity index (χ1n) is 4.78. The van der Waals surface area contributed by atoms with E-state index < -0.39 is 17.8 Å². The fourth-order valence-corrected chi connectivity index (χ4v) is 0.818. The van der Waals surface area contributed by atoms with Crippen molar-refractivity contribution in [2.75, 3.05) is 26.4 Å². The van der Waals surface area contributed by atoms with Gasteiger partial charge in [-0.05, 0) is 13.3 Å². The molecule has 15 heavy (non-hydrogen) atoms. The molecule has 0 aliphatic heterocycles. The third-order valence-electron chi connectivity index (χ3n) is 1.76. The Morgan fingerprint density at radius 1 is 1.40 bits per heavy atom. The molecule has 1 unspecified atom stereocenters. The maximum absolute atomic E-state index is 11.1. The van der Waals surface area contributed by atoms with Crippen molar-refractivity contribution in [2.24, 2.45) is 5.92 Å². The van der Waals surface area contributed by atoms with Crippen LogP contribution in [-0.2, 0) is 14.3 Å². The molecule has 0 aliphatic rings. The molecule has 0 saturated carbocycles. The second-order valence-electron chi connectivity index (χ2n) is 3.04. The first-order valence-corrected chi connectivity index (χ1v) is 4.78. The summed E-state index contributed by atoms with van der Waals surface area (Å²) < 4.78 is 4.95. The van der Waals surface area contributed by atoms with Crippen LogP contribution < -0.4 is 5.32 Å². The van der Waals surface area contributed by atoms with Gasteiger partial charge in [-0.15, -0.1) is 0 Å². The fourth-order valence-electron chi connectivity index (χ4n) is 0.818. The molecule has 0 fully saturated rings. The normalized spacial score (nSPS) is 12.1. The van der Waals surface area contributed by atoms with Crippen molar-refractivity contribution < 1.29 is 24.5 Å². The molecule has 0 radical (unpaired) electrons. The van der Waals surface area contributed by atoms with Gasteiger partial charge in [-0.2, -0.15) is 0 Å². The molecular weight excluding hydrogens is 202 g/mol. The summed E-state index contributed by atoms with van der Waals surface area (Å²) >= 11 is 0. The van der Waals surface area contributed by atoms with Crippen LogP contribution in [0.5, 0.6) is 0 Å². The lowest BCUT2D eigenvalue weighted by molar-refractivity contribution is -0.146. The monoisotopic (exact) mass is 219 g/mol. The minimum atomic E-state index is -1.14. The Kier molecular flexibility index (Phi) is 7.57. The second-order valence-corrected chi connectivity index (χ2v) is 3.04. The van der Waals surface area contributed by atoms with E-state index in [1.54, 1.807) is 0 Å². The molecule has 1 atom stereocenters. The summed E-state index contributed by atoms with van der Waals surface area (Å²) in [6.45, 7) is 2.39. The number of amides is 1. The zero-order valence-corrected chi connectivity index (χ0v) is 8.73. The number of ether oxygens (including phenoxy) is 1. The molecule has 0 saturated heterocycles. The summed E-state index contributed by atoms with van der Waals surface area (Å²) in [5.74, 6) is -2.66. The van der Waals surface area contributed by atoms with Gasteiger partial charge >= 0.3 is 5.97 Å². The number of aliphatic hydroxyl groups is 1. The highest BCUT2D eigenvalue weighted by atomic mass is 16.5. The molecule has 0 aromatic carbocycles. The molecule has 88 valence electrons. The quantitative estimate of drug-likeness (QED) is 0.368. The van der Waals surface area contributed by atoms with Crippen molar-refractivity contribution in [3.63, 3.8) is 0 Å². The summed E-state index contributed by atoms with van der Waals surface area (Å²) in [5, 5.41) is 19.4. The predicted octanol–water partition coefficient (Wildman–Crippen LogP) is -0.778. The summed E-state index contributed by atoms with van der Waals surface area (Å²) in [7, 11) is 0. The first-order chi connectivity index (χ1) is 7.09. The number of hydrogen-bond donors (Lipinski definition) is 3. The Labute approximate surface area is 88.2 Å². The van der Waals surface area contributed by atoms with Gasteiger partial charge in [0, 0.05) is 13.2 Å². The van der Waals surface area contributed by atoms with Crippen LogP contribution in [0.2, 0.25) is 0 Å². The number of rotatable bonds is 8. The maximum atomic E-state index is 11.1. The smallest absolute Gasteiger partial charge is 0.315 e. The number of aliphatic carboxylic acids is 1. The SMILES string of the molecule is CC(C(=O)O)C(=O)NCCCOCCO. The van der Waals surface area contributed by atoms with E-state index >= 15 is 0 Å². The van der Waals surface area contributed by atoms with Crippen LogP contribution in [0.15, 0.2) is 0 Å². The zero-order valence-electron chi connectivity index (χ0n) is 8.73. The van der Waals surface area contributed by atoms with Crippen molar-refractivity contribution in [1.29, 1.82) is 0 Å². The van der Waals surface area contributed by atoms with Gasteiger partial charge in [-0.3, -0.25) is 9.59 Å². The van der Waals surface area contributed by atoms with Crippen molar-refractivity contribution in [1.82, 2.24) is 5.32 Å². The summed E-state index contributed by atoms with van der Waals surface area (Å²) in [6.07, 6.45) is 0.595. The van der Waals surface area contributed by atoms with E-state index in [2.05, 4.69) is 5.32 Å². The van der Waals surface area contributed by atoms with E-state index in [-0.39, 0.29) is 13.2 Å². The van der Waals surface area contributed by atoms with Crippen molar-refractivity contribution in [3.8, 4) is 0 Å². The maximum Gasteiger partial charge on any atom is 0.315 e. The lowest BCUT2D eigenvalue weighted by atomic mass is 10.2. The molecular formula is C9H17NO5. The van der Waals surface area contributed by atoms with Gasteiger partial charge in [-0.25, -0.2) is 0 Å². The Hall–Kier alpha value is -1.14. The fraction of sp³-hybridized carbons (Fsp3) is 0.778. The number of hydrogen-bond acceptors (Lipinski definition) is 4. The summed E-state index contributed by atoms with van der Waals surface area (Å²) in [6, 6.07) is 0. The number of carboxylic acid groups (broad SMARTS) is 1. The Bertz CT molecular complexity index is 207. The highest BCUT2D eigenvalue weighted by molar-refractivity contribution is 5.96. The van der Waals surface area contributed by atoms with Gasteiger partial charge in [0.1, 0.15) is 5.92 Å². The van der Waals surface area contributed by atoms with Gasteiger partial charge in [0.05, 0.1) is 13.2 Å². The average Bonchev–Trinajstić information content (AvgIpc) is 2.21. The lowest BCUT2D eigenvalue weighted by Gasteiger charge is -2.08. The van der Waals surface area contributed by atoms with Gasteiger partial charge in [0.15, 0.2) is 0 Å². The molecule has 0 bridgehead atoms. The van der Waals surface area contributed by atoms with Gasteiger partial charge < -0.3 is 20.3 Å². The molecule has 6 nitrogen and oxygen atoms in total. The van der Waals surface area contributed by atoms with E-state index in [1.165, 1.54) is 6.92 Å². The molecule has 0 aromatic heterocycles. The summed E-state index contributed by atoms with van der Waals surface area (Å²) in [5.41, 5.74) is 0. The van der Waals surface area contributed by atoms with E-state index in [0.717, 1.165) is 0 Å². The minimum absolute atomic E-state index is 0.0254. The molecule has 0 aliphatic carbocycles. The van der Waals surface area contributed by atoms with Crippen molar-refractivity contribution in [2.45, 2.75) is 13.3 Å². The van der Waals surface area contributed by atoms with Crippen LogP contribution in [0.1, 0.15) is 13.3 Å². The lowest BCUT2D eigenvalue weighted by Crippen LogP contribution is -2.34. The second kappa shape index (κ2) is 8.19. The van der Waals surface area contributed by atoms with Crippen molar-refractivity contribution >= 4 is 11.9 Å². The molecule has 0 aromatic rings. The number of carbonyl (C=O) groups excluding carboxylic acids is 1. The summed E-state index contributed by atoms with van der Waals surface area (Å²) in [4.78, 5) is 21.5.